The van der Waals surface area contributed by atoms with Gasteiger partial charge < -0.3 is 0 Å². The molecule has 0 saturated heterocycles. The normalized spacial score (nSPS) is 10.7. The second-order valence-electron chi connectivity index (χ2n) is 2.29. The molecule has 0 aliphatic heterocycles. The number of hydrogen-bond donors (Lipinski definition) is 0. The molecule has 0 bridgehead atoms. The Morgan fingerprint density at radius 1 is 1.55 bits per heavy atom. The van der Waals surface area contributed by atoms with E-state index in [0.717, 1.165) is 16.6 Å². The van der Waals surface area contributed by atoms with Gasteiger partial charge in [0.05, 0.1) is 0 Å². The van der Waals surface area contributed by atoms with E-state index >= 15 is 0 Å². The molecule has 0 fully saturated rings. The number of hydrogen-bond acceptors (Lipinski definition) is 1. The third kappa shape index (κ3) is 2.85. The number of rotatable bonds is 2. The predicted octanol–water partition coefficient (Wildman–Crippen LogP) is 2.80. The number of allylic oxidation sites excluding steroid dienone is 1. The number of nitrogens with zero attached hydrogens (tertiary/aromatic N) is 1. The first kappa shape index (κ1) is 8.47. The number of halogens is 1. The summed E-state index contributed by atoms with van der Waals surface area (Å²) in [6, 6.07) is 4.06. The average molecular weight is 212 g/mol. The Morgan fingerprint density at radius 2 is 2.36 bits per heavy atom. The van der Waals surface area contributed by atoms with E-state index in [1.165, 1.54) is 0 Å². The van der Waals surface area contributed by atoms with E-state index in [2.05, 4.69) is 27.0 Å². The second kappa shape index (κ2) is 4.29. The molecule has 0 unspecified atom stereocenters. The molecule has 0 aliphatic carbocycles. The third-order valence-corrected chi connectivity index (χ3v) is 1.71. The zero-order valence-corrected chi connectivity index (χ0v) is 8.01. The Kier molecular flexibility index (Phi) is 3.30. The lowest BCUT2D eigenvalue weighted by atomic mass is 10.2. The maximum absolute atomic E-state index is 4.17. The molecule has 0 amide bonds. The molecule has 2 heteroatoms. The first-order valence-corrected chi connectivity index (χ1v) is 4.60. The standard InChI is InChI=1S/C9H10BrN/c1-8-4-5-9(7-11-8)3-2-6-10/h2-5,7H,6H2,1H3. The van der Waals surface area contributed by atoms with Gasteiger partial charge in [0.15, 0.2) is 0 Å². The zero-order chi connectivity index (χ0) is 8.10. The highest BCUT2D eigenvalue weighted by Gasteiger charge is 1.85. The van der Waals surface area contributed by atoms with Gasteiger partial charge >= 0.3 is 0 Å². The van der Waals surface area contributed by atoms with Crippen molar-refractivity contribution in [2.75, 3.05) is 5.33 Å². The molecule has 0 saturated carbocycles. The Morgan fingerprint density at radius 3 is 2.91 bits per heavy atom. The van der Waals surface area contributed by atoms with Crippen molar-refractivity contribution in [2.24, 2.45) is 0 Å². The SMILES string of the molecule is Cc1ccc(C=CCBr)cn1. The summed E-state index contributed by atoms with van der Waals surface area (Å²) in [5.74, 6) is 0. The topological polar surface area (TPSA) is 12.9 Å². The van der Waals surface area contributed by atoms with Crippen LogP contribution >= 0.6 is 15.9 Å². The van der Waals surface area contributed by atoms with Gasteiger partial charge in [-0.2, -0.15) is 0 Å². The van der Waals surface area contributed by atoms with Crippen molar-refractivity contribution in [1.82, 2.24) is 4.98 Å². The quantitative estimate of drug-likeness (QED) is 0.687. The molecule has 1 rings (SSSR count). The van der Waals surface area contributed by atoms with Crippen molar-refractivity contribution in [2.45, 2.75) is 6.92 Å². The molecule has 1 heterocycles. The highest BCUT2D eigenvalue weighted by Crippen LogP contribution is 2.01. The van der Waals surface area contributed by atoms with Crippen LogP contribution in [0.15, 0.2) is 24.4 Å². The van der Waals surface area contributed by atoms with Gasteiger partial charge in [0.2, 0.25) is 0 Å². The van der Waals surface area contributed by atoms with E-state index in [9.17, 15) is 0 Å². The lowest BCUT2D eigenvalue weighted by Gasteiger charge is -1.92. The molecule has 11 heavy (non-hydrogen) atoms. The summed E-state index contributed by atoms with van der Waals surface area (Å²) < 4.78 is 0. The van der Waals surface area contributed by atoms with Gasteiger partial charge in [0.1, 0.15) is 0 Å². The van der Waals surface area contributed by atoms with E-state index in [1.54, 1.807) is 0 Å². The molecule has 0 spiro atoms. The fraction of sp³-hybridized carbons (Fsp3) is 0.222. The highest BCUT2D eigenvalue weighted by molar-refractivity contribution is 9.09. The van der Waals surface area contributed by atoms with Crippen LogP contribution in [0.5, 0.6) is 0 Å². The van der Waals surface area contributed by atoms with E-state index < -0.39 is 0 Å². The Balaban J connectivity index is 2.73. The molecular weight excluding hydrogens is 202 g/mol. The molecule has 0 radical (unpaired) electrons. The summed E-state index contributed by atoms with van der Waals surface area (Å²) in [6.45, 7) is 1.98. The van der Waals surface area contributed by atoms with E-state index in [-0.39, 0.29) is 0 Å². The van der Waals surface area contributed by atoms with Gasteiger partial charge in [-0.15, -0.1) is 0 Å². The zero-order valence-electron chi connectivity index (χ0n) is 6.42. The molecule has 0 aromatic carbocycles. The molecule has 0 atom stereocenters. The summed E-state index contributed by atoms with van der Waals surface area (Å²) in [5, 5.41) is 0.890. The van der Waals surface area contributed by atoms with Crippen molar-refractivity contribution in [3.05, 3.63) is 35.7 Å². The number of aryl methyl sites for hydroxylation is 1. The molecule has 1 aromatic heterocycles. The molecule has 1 nitrogen and oxygen atoms in total. The van der Waals surface area contributed by atoms with Crippen molar-refractivity contribution >= 4 is 22.0 Å². The fourth-order valence-electron chi connectivity index (χ4n) is 0.758. The van der Waals surface area contributed by atoms with Gasteiger partial charge in [0.25, 0.3) is 0 Å². The summed E-state index contributed by atoms with van der Waals surface area (Å²) >= 11 is 3.31. The van der Waals surface area contributed by atoms with Gasteiger partial charge in [-0.05, 0) is 18.6 Å². The van der Waals surface area contributed by atoms with Crippen molar-refractivity contribution in [3.8, 4) is 0 Å². The Labute approximate surface area is 75.3 Å². The van der Waals surface area contributed by atoms with Crippen LogP contribution in [0.4, 0.5) is 0 Å². The van der Waals surface area contributed by atoms with Crippen LogP contribution < -0.4 is 0 Å². The maximum atomic E-state index is 4.17. The largest absolute Gasteiger partial charge is 0.261 e. The van der Waals surface area contributed by atoms with Crippen LogP contribution in [0.3, 0.4) is 0 Å². The summed E-state index contributed by atoms with van der Waals surface area (Å²) in [7, 11) is 0. The molecular formula is C9H10BrN. The van der Waals surface area contributed by atoms with E-state index in [1.807, 2.05) is 31.3 Å². The van der Waals surface area contributed by atoms with E-state index in [4.69, 9.17) is 0 Å². The Bertz CT molecular complexity index is 238. The minimum atomic E-state index is 0.890. The van der Waals surface area contributed by atoms with Crippen LogP contribution in [0.25, 0.3) is 6.08 Å². The fourth-order valence-corrected chi connectivity index (χ4v) is 0.945. The van der Waals surface area contributed by atoms with Crippen LogP contribution in [0, 0.1) is 6.92 Å². The first-order valence-electron chi connectivity index (χ1n) is 3.48. The first-order chi connectivity index (χ1) is 5.33. The Hall–Kier alpha value is -0.630. The second-order valence-corrected chi connectivity index (χ2v) is 2.94. The number of aromatic nitrogens is 1. The third-order valence-electron chi connectivity index (χ3n) is 1.33. The molecule has 0 aliphatic rings. The predicted molar refractivity (Wildman–Crippen MR) is 51.8 cm³/mol. The van der Waals surface area contributed by atoms with Gasteiger partial charge in [0, 0.05) is 17.2 Å². The monoisotopic (exact) mass is 211 g/mol. The van der Waals surface area contributed by atoms with Crippen LogP contribution in [0.1, 0.15) is 11.3 Å². The van der Waals surface area contributed by atoms with Crippen molar-refractivity contribution < 1.29 is 0 Å². The molecule has 1 aromatic rings. The lowest BCUT2D eigenvalue weighted by molar-refractivity contribution is 1.19. The van der Waals surface area contributed by atoms with Crippen LogP contribution in [-0.4, -0.2) is 10.3 Å². The maximum Gasteiger partial charge on any atom is 0.0373 e. The smallest absolute Gasteiger partial charge is 0.0373 e. The summed E-state index contributed by atoms with van der Waals surface area (Å²) in [5.41, 5.74) is 2.20. The van der Waals surface area contributed by atoms with Gasteiger partial charge in [-0.1, -0.05) is 34.1 Å². The van der Waals surface area contributed by atoms with Crippen molar-refractivity contribution in [1.29, 1.82) is 0 Å². The van der Waals surface area contributed by atoms with Crippen LogP contribution in [-0.2, 0) is 0 Å². The van der Waals surface area contributed by atoms with Crippen molar-refractivity contribution in [3.63, 3.8) is 0 Å². The minimum Gasteiger partial charge on any atom is -0.261 e. The molecule has 0 N–H and O–H groups in total. The van der Waals surface area contributed by atoms with Crippen LogP contribution in [0.2, 0.25) is 0 Å². The minimum absolute atomic E-state index is 0.890. The summed E-state index contributed by atoms with van der Waals surface area (Å²) in [6.07, 6.45) is 5.96. The average Bonchev–Trinajstić information content (AvgIpc) is 2.04. The number of alkyl halides is 1. The summed E-state index contributed by atoms with van der Waals surface area (Å²) in [4.78, 5) is 4.17. The number of pyridine rings is 1. The van der Waals surface area contributed by atoms with Gasteiger partial charge in [-0.25, -0.2) is 0 Å². The highest BCUT2D eigenvalue weighted by atomic mass is 79.9. The van der Waals surface area contributed by atoms with Gasteiger partial charge in [-0.3, -0.25) is 4.98 Å². The molecule has 58 valence electrons. The lowest BCUT2D eigenvalue weighted by Crippen LogP contribution is -1.79. The van der Waals surface area contributed by atoms with E-state index in [0.29, 0.717) is 0 Å².